The normalized spacial score (nSPS) is 17.7. The fourth-order valence-corrected chi connectivity index (χ4v) is 2.64. The fourth-order valence-electron chi connectivity index (χ4n) is 2.64. The minimum Gasteiger partial charge on any atom is -0.356 e. The highest BCUT2D eigenvalue weighted by atomic mass is 16.2. The summed E-state index contributed by atoms with van der Waals surface area (Å²) in [5, 5.41) is 5.03. The molecule has 3 amide bonds. The van der Waals surface area contributed by atoms with Gasteiger partial charge < -0.3 is 5.32 Å². The van der Waals surface area contributed by atoms with Crippen LogP contribution in [-0.4, -0.2) is 24.3 Å². The van der Waals surface area contributed by atoms with Gasteiger partial charge in [0, 0.05) is 19.4 Å². The van der Waals surface area contributed by atoms with E-state index in [0.717, 1.165) is 6.42 Å². The molecule has 1 aromatic rings. The van der Waals surface area contributed by atoms with Gasteiger partial charge in [0.15, 0.2) is 0 Å². The van der Waals surface area contributed by atoms with Crippen LogP contribution in [-0.2, 0) is 20.8 Å². The van der Waals surface area contributed by atoms with E-state index >= 15 is 0 Å². The second-order valence-electron chi connectivity index (χ2n) is 5.49. The summed E-state index contributed by atoms with van der Waals surface area (Å²) in [5.74, 6) is -1.34. The molecule has 21 heavy (non-hydrogen) atoms. The largest absolute Gasteiger partial charge is 0.356 e. The topological polar surface area (TPSA) is 75.3 Å². The van der Waals surface area contributed by atoms with Gasteiger partial charge in [0.05, 0.1) is 5.92 Å². The minimum absolute atomic E-state index is 0.0737. The van der Waals surface area contributed by atoms with Crippen molar-refractivity contribution in [1.29, 1.82) is 0 Å². The van der Waals surface area contributed by atoms with Crippen molar-refractivity contribution in [3.05, 3.63) is 34.9 Å². The Kier molecular flexibility index (Phi) is 4.73. The summed E-state index contributed by atoms with van der Waals surface area (Å²) < 4.78 is 0. The molecule has 2 N–H and O–H groups in total. The van der Waals surface area contributed by atoms with Crippen LogP contribution < -0.4 is 10.6 Å². The first-order valence-electron chi connectivity index (χ1n) is 7.13. The van der Waals surface area contributed by atoms with Gasteiger partial charge in [-0.05, 0) is 37.0 Å². The number of aryl methyl sites for hydroxylation is 2. The van der Waals surface area contributed by atoms with Crippen molar-refractivity contribution in [3.8, 4) is 0 Å². The maximum Gasteiger partial charge on any atom is 0.230 e. The smallest absolute Gasteiger partial charge is 0.230 e. The van der Waals surface area contributed by atoms with Crippen LogP contribution >= 0.6 is 0 Å². The number of carbonyl (C=O) groups is 3. The Hall–Kier alpha value is -2.17. The fraction of sp³-hybridized carbons (Fsp3) is 0.438. The van der Waals surface area contributed by atoms with Crippen LogP contribution in [0.3, 0.4) is 0 Å². The Labute approximate surface area is 124 Å². The summed E-state index contributed by atoms with van der Waals surface area (Å²) in [6.07, 6.45) is 0.952. The molecular weight excluding hydrogens is 268 g/mol. The second-order valence-corrected chi connectivity index (χ2v) is 5.49. The molecule has 5 heteroatoms. The number of carbonyl (C=O) groups excluding carboxylic acids is 3. The lowest BCUT2D eigenvalue weighted by molar-refractivity contribution is -0.129. The highest BCUT2D eigenvalue weighted by Crippen LogP contribution is 2.15. The zero-order valence-electron chi connectivity index (χ0n) is 12.4. The van der Waals surface area contributed by atoms with Gasteiger partial charge in [-0.15, -0.1) is 0 Å². The Bertz CT molecular complexity index is 561. The molecule has 5 nitrogen and oxygen atoms in total. The van der Waals surface area contributed by atoms with Crippen molar-refractivity contribution < 1.29 is 14.4 Å². The lowest BCUT2D eigenvalue weighted by atomic mass is 10.00. The van der Waals surface area contributed by atoms with Crippen LogP contribution in [0.15, 0.2) is 18.2 Å². The highest BCUT2D eigenvalue weighted by Gasteiger charge is 2.31. The number of nitrogens with one attached hydrogen (secondary N) is 2. The van der Waals surface area contributed by atoms with Crippen molar-refractivity contribution in [2.24, 2.45) is 5.92 Å². The predicted molar refractivity (Wildman–Crippen MR) is 78.5 cm³/mol. The van der Waals surface area contributed by atoms with Gasteiger partial charge in [0.25, 0.3) is 0 Å². The molecule has 1 fully saturated rings. The maximum absolute atomic E-state index is 11.8. The number of imide groups is 1. The number of amides is 3. The number of hydrogen-bond acceptors (Lipinski definition) is 3. The Morgan fingerprint density at radius 1 is 1.29 bits per heavy atom. The van der Waals surface area contributed by atoms with Crippen LogP contribution in [0.1, 0.15) is 29.5 Å². The molecule has 112 valence electrons. The molecule has 0 saturated carbocycles. The molecule has 0 bridgehead atoms. The van der Waals surface area contributed by atoms with Gasteiger partial charge in [-0.1, -0.05) is 18.2 Å². The van der Waals surface area contributed by atoms with E-state index in [2.05, 4.69) is 36.6 Å². The number of rotatable bonds is 5. The second kappa shape index (κ2) is 6.52. The summed E-state index contributed by atoms with van der Waals surface area (Å²) in [7, 11) is 0. The van der Waals surface area contributed by atoms with Crippen LogP contribution in [0.2, 0.25) is 0 Å². The van der Waals surface area contributed by atoms with E-state index in [1.165, 1.54) is 16.7 Å². The molecule has 1 aromatic carbocycles. The van der Waals surface area contributed by atoms with E-state index in [1.54, 1.807) is 0 Å². The van der Waals surface area contributed by atoms with Crippen molar-refractivity contribution in [1.82, 2.24) is 10.6 Å². The molecule has 1 heterocycles. The molecule has 1 saturated heterocycles. The lowest BCUT2D eigenvalue weighted by Crippen LogP contribution is -2.30. The zero-order chi connectivity index (χ0) is 15.4. The molecule has 1 atom stereocenters. The average molecular weight is 288 g/mol. The SMILES string of the molecule is Cc1cccc(C)c1CCNC(=O)CC1CC(=O)NC1=O. The third-order valence-electron chi connectivity index (χ3n) is 3.84. The van der Waals surface area contributed by atoms with Crippen LogP contribution in [0, 0.1) is 19.8 Å². The monoisotopic (exact) mass is 288 g/mol. The summed E-state index contributed by atoms with van der Waals surface area (Å²) in [5.41, 5.74) is 3.67. The minimum atomic E-state index is -0.516. The summed E-state index contributed by atoms with van der Waals surface area (Å²) in [6, 6.07) is 6.12. The van der Waals surface area contributed by atoms with E-state index in [0.29, 0.717) is 6.54 Å². The van der Waals surface area contributed by atoms with E-state index in [1.807, 2.05) is 6.07 Å². The molecule has 0 aromatic heterocycles. The molecule has 0 radical (unpaired) electrons. The third-order valence-corrected chi connectivity index (χ3v) is 3.84. The van der Waals surface area contributed by atoms with Gasteiger partial charge in [0.2, 0.25) is 17.7 Å². The highest BCUT2D eigenvalue weighted by molar-refractivity contribution is 6.04. The zero-order valence-corrected chi connectivity index (χ0v) is 12.4. The van der Waals surface area contributed by atoms with Gasteiger partial charge >= 0.3 is 0 Å². The molecular formula is C16H20N2O3. The predicted octanol–water partition coefficient (Wildman–Crippen LogP) is 1.01. The standard InChI is InChI=1S/C16H20N2O3/c1-10-4-3-5-11(2)13(10)6-7-17-14(19)8-12-9-15(20)18-16(12)21/h3-5,12H,6-9H2,1-2H3,(H,17,19)(H,18,20,21). The molecule has 1 aliphatic heterocycles. The molecule has 1 aliphatic rings. The lowest BCUT2D eigenvalue weighted by Gasteiger charge is -2.11. The first kappa shape index (κ1) is 15.2. The maximum atomic E-state index is 11.8. The quantitative estimate of drug-likeness (QED) is 0.794. The van der Waals surface area contributed by atoms with Gasteiger partial charge in [-0.2, -0.15) is 0 Å². The summed E-state index contributed by atoms with van der Waals surface area (Å²) >= 11 is 0. The first-order chi connectivity index (χ1) is 9.97. The number of hydrogen-bond donors (Lipinski definition) is 2. The molecule has 1 unspecified atom stereocenters. The van der Waals surface area contributed by atoms with Crippen molar-refractivity contribution >= 4 is 17.7 Å². The van der Waals surface area contributed by atoms with Gasteiger partial charge in [-0.25, -0.2) is 0 Å². The molecule has 0 spiro atoms. The number of benzene rings is 1. The van der Waals surface area contributed by atoms with E-state index in [9.17, 15) is 14.4 Å². The van der Waals surface area contributed by atoms with Crippen LogP contribution in [0.5, 0.6) is 0 Å². The van der Waals surface area contributed by atoms with Crippen LogP contribution in [0.25, 0.3) is 0 Å². The molecule has 0 aliphatic carbocycles. The Morgan fingerprint density at radius 3 is 2.52 bits per heavy atom. The summed E-state index contributed by atoms with van der Waals surface area (Å²) in [4.78, 5) is 34.3. The van der Waals surface area contributed by atoms with Crippen molar-refractivity contribution in [3.63, 3.8) is 0 Å². The first-order valence-corrected chi connectivity index (χ1v) is 7.13. The summed E-state index contributed by atoms with van der Waals surface area (Å²) in [6.45, 7) is 4.64. The van der Waals surface area contributed by atoms with Crippen molar-refractivity contribution in [2.45, 2.75) is 33.1 Å². The van der Waals surface area contributed by atoms with E-state index in [-0.39, 0.29) is 30.6 Å². The van der Waals surface area contributed by atoms with Gasteiger partial charge in [0.1, 0.15) is 0 Å². The third kappa shape index (κ3) is 3.90. The van der Waals surface area contributed by atoms with E-state index in [4.69, 9.17) is 0 Å². The van der Waals surface area contributed by atoms with Crippen molar-refractivity contribution in [2.75, 3.05) is 6.54 Å². The Balaban J connectivity index is 1.80. The average Bonchev–Trinajstić information content (AvgIpc) is 2.71. The molecule has 2 rings (SSSR count). The van der Waals surface area contributed by atoms with Crippen LogP contribution in [0.4, 0.5) is 0 Å². The van der Waals surface area contributed by atoms with E-state index < -0.39 is 5.92 Å². The van der Waals surface area contributed by atoms with Gasteiger partial charge in [-0.3, -0.25) is 19.7 Å². The Morgan fingerprint density at radius 2 is 1.95 bits per heavy atom.